The molecule has 0 spiro atoms. The van der Waals surface area contributed by atoms with Gasteiger partial charge in [-0.1, -0.05) is 29.3 Å². The fraction of sp³-hybridized carbons (Fsp3) is 0.143. The van der Waals surface area contributed by atoms with Crippen molar-refractivity contribution in [3.63, 3.8) is 0 Å². The van der Waals surface area contributed by atoms with Gasteiger partial charge in [0, 0.05) is 5.56 Å². The zero-order valence-corrected chi connectivity index (χ0v) is 12.4. The predicted octanol–water partition coefficient (Wildman–Crippen LogP) is 3.96. The molecule has 0 unspecified atom stereocenters. The lowest BCUT2D eigenvalue weighted by Gasteiger charge is -2.10. The second-order valence-electron chi connectivity index (χ2n) is 4.11. The van der Waals surface area contributed by atoms with Gasteiger partial charge in [0.05, 0.1) is 12.8 Å². The summed E-state index contributed by atoms with van der Waals surface area (Å²) in [6, 6.07) is 8.46. The number of pyridine rings is 1. The van der Waals surface area contributed by atoms with E-state index < -0.39 is 0 Å². The molecule has 0 saturated carbocycles. The molecular weight excluding hydrogens is 299 g/mol. The summed E-state index contributed by atoms with van der Waals surface area (Å²) in [5.41, 5.74) is 1.66. The molecule has 2 rings (SSSR count). The number of anilines is 1. The molecule has 20 heavy (non-hydrogen) atoms. The van der Waals surface area contributed by atoms with Gasteiger partial charge in [-0.25, -0.2) is 4.98 Å². The van der Waals surface area contributed by atoms with Crippen molar-refractivity contribution in [3.8, 4) is 5.75 Å². The van der Waals surface area contributed by atoms with Crippen LogP contribution < -0.4 is 10.1 Å². The first-order valence-electron chi connectivity index (χ1n) is 5.79. The van der Waals surface area contributed by atoms with E-state index in [1.807, 2.05) is 0 Å². The molecular formula is C14H12Cl2N2O2. The molecule has 1 aromatic heterocycles. The number of carbonyl (C=O) groups is 1. The minimum atomic E-state index is -0.293. The van der Waals surface area contributed by atoms with Gasteiger partial charge in [-0.15, -0.1) is 0 Å². The van der Waals surface area contributed by atoms with Crippen LogP contribution in [-0.2, 0) is 0 Å². The molecule has 0 aliphatic heterocycles. The molecule has 1 heterocycles. The number of ether oxygens (including phenoxy) is 1. The smallest absolute Gasteiger partial charge is 0.255 e. The van der Waals surface area contributed by atoms with Gasteiger partial charge < -0.3 is 10.1 Å². The van der Waals surface area contributed by atoms with Crippen LogP contribution in [-0.4, -0.2) is 18.0 Å². The summed E-state index contributed by atoms with van der Waals surface area (Å²) in [4.78, 5) is 16.1. The largest absolute Gasteiger partial charge is 0.497 e. The van der Waals surface area contributed by atoms with Crippen molar-refractivity contribution in [2.24, 2.45) is 0 Å². The third-order valence-electron chi connectivity index (χ3n) is 2.71. The van der Waals surface area contributed by atoms with Crippen LogP contribution in [0.5, 0.6) is 5.75 Å². The van der Waals surface area contributed by atoms with E-state index in [2.05, 4.69) is 10.3 Å². The average molecular weight is 311 g/mol. The number of hydrogen-bond acceptors (Lipinski definition) is 3. The molecule has 0 radical (unpaired) electrons. The van der Waals surface area contributed by atoms with Crippen LogP contribution in [0.4, 0.5) is 5.69 Å². The number of nitrogens with zero attached hydrogens (tertiary/aromatic N) is 1. The normalized spacial score (nSPS) is 10.2. The highest BCUT2D eigenvalue weighted by Crippen LogP contribution is 2.27. The van der Waals surface area contributed by atoms with E-state index in [-0.39, 0.29) is 16.2 Å². The van der Waals surface area contributed by atoms with Crippen molar-refractivity contribution in [2.45, 2.75) is 6.92 Å². The van der Waals surface area contributed by atoms with Gasteiger partial charge in [-0.2, -0.15) is 0 Å². The number of benzene rings is 1. The van der Waals surface area contributed by atoms with Crippen LogP contribution in [0.2, 0.25) is 10.3 Å². The second-order valence-corrected chi connectivity index (χ2v) is 4.86. The number of carbonyl (C=O) groups excluding carboxylic acids is 1. The summed E-state index contributed by atoms with van der Waals surface area (Å²) < 4.78 is 5.08. The summed E-state index contributed by atoms with van der Waals surface area (Å²) in [5.74, 6) is 0.313. The second kappa shape index (κ2) is 6.11. The lowest BCUT2D eigenvalue weighted by atomic mass is 10.2. The third kappa shape index (κ3) is 3.21. The number of hydrogen-bond donors (Lipinski definition) is 1. The van der Waals surface area contributed by atoms with E-state index in [0.29, 0.717) is 17.0 Å². The first-order valence-corrected chi connectivity index (χ1v) is 6.55. The molecule has 6 heteroatoms. The van der Waals surface area contributed by atoms with E-state index in [0.717, 1.165) is 5.56 Å². The highest BCUT2D eigenvalue weighted by atomic mass is 35.5. The van der Waals surface area contributed by atoms with Crippen molar-refractivity contribution in [3.05, 3.63) is 51.8 Å². The molecule has 0 atom stereocenters. The van der Waals surface area contributed by atoms with E-state index >= 15 is 0 Å². The quantitative estimate of drug-likeness (QED) is 0.873. The highest BCUT2D eigenvalue weighted by Gasteiger charge is 2.13. The zero-order chi connectivity index (χ0) is 14.7. The van der Waals surface area contributed by atoms with Gasteiger partial charge in [0.15, 0.2) is 5.15 Å². The number of methoxy groups -OCH3 is 1. The third-order valence-corrected chi connectivity index (χ3v) is 3.18. The predicted molar refractivity (Wildman–Crippen MR) is 79.9 cm³/mol. The summed E-state index contributed by atoms with van der Waals surface area (Å²) >= 11 is 11.8. The van der Waals surface area contributed by atoms with Gasteiger partial charge in [0.25, 0.3) is 5.91 Å². The van der Waals surface area contributed by atoms with Gasteiger partial charge in [-0.3, -0.25) is 4.79 Å². The molecule has 0 bridgehead atoms. The summed E-state index contributed by atoms with van der Waals surface area (Å²) in [6.07, 6.45) is 0. The summed E-state index contributed by atoms with van der Waals surface area (Å²) in [7, 11) is 1.54. The van der Waals surface area contributed by atoms with E-state index in [9.17, 15) is 4.79 Å². The molecule has 0 aliphatic carbocycles. The maximum absolute atomic E-state index is 12.2. The Morgan fingerprint density at radius 3 is 2.70 bits per heavy atom. The maximum Gasteiger partial charge on any atom is 0.255 e. The lowest BCUT2D eigenvalue weighted by molar-refractivity contribution is 0.102. The number of rotatable bonds is 3. The standard InChI is InChI=1S/C14H12Cl2N2O2/c1-8-6-11(15)17-13(16)12(8)18-14(19)9-4-3-5-10(7-9)20-2/h3-7H,1-2H3,(H,18,19). The fourth-order valence-electron chi connectivity index (χ4n) is 1.70. The molecule has 104 valence electrons. The average Bonchev–Trinajstić information content (AvgIpc) is 2.42. The molecule has 2 aromatic rings. The molecule has 1 amide bonds. The topological polar surface area (TPSA) is 51.2 Å². The van der Waals surface area contributed by atoms with Crippen molar-refractivity contribution in [2.75, 3.05) is 12.4 Å². The summed E-state index contributed by atoms with van der Waals surface area (Å²) in [6.45, 7) is 1.79. The first-order chi connectivity index (χ1) is 9.51. The van der Waals surface area contributed by atoms with Crippen molar-refractivity contribution >= 4 is 34.8 Å². The Morgan fingerprint density at radius 1 is 1.30 bits per heavy atom. The monoisotopic (exact) mass is 310 g/mol. The van der Waals surface area contributed by atoms with E-state index in [4.69, 9.17) is 27.9 Å². The number of aryl methyl sites for hydroxylation is 1. The Labute approximate surface area is 126 Å². The van der Waals surface area contributed by atoms with Gasteiger partial charge in [-0.05, 0) is 36.8 Å². The number of aromatic nitrogens is 1. The van der Waals surface area contributed by atoms with E-state index in [1.54, 1.807) is 44.4 Å². The van der Waals surface area contributed by atoms with E-state index in [1.165, 1.54) is 0 Å². The first kappa shape index (κ1) is 14.6. The SMILES string of the molecule is COc1cccc(C(=O)Nc2c(C)cc(Cl)nc2Cl)c1. The molecule has 4 nitrogen and oxygen atoms in total. The van der Waals surface area contributed by atoms with Crippen molar-refractivity contribution < 1.29 is 9.53 Å². The number of halogens is 2. The number of nitrogens with one attached hydrogen (secondary N) is 1. The van der Waals surface area contributed by atoms with Crippen LogP contribution in [0.15, 0.2) is 30.3 Å². The minimum Gasteiger partial charge on any atom is -0.497 e. The van der Waals surface area contributed by atoms with Crippen molar-refractivity contribution in [1.82, 2.24) is 4.98 Å². The lowest BCUT2D eigenvalue weighted by Crippen LogP contribution is -2.13. The highest BCUT2D eigenvalue weighted by molar-refractivity contribution is 6.35. The summed E-state index contributed by atoms with van der Waals surface area (Å²) in [5, 5.41) is 3.17. The fourth-order valence-corrected chi connectivity index (χ4v) is 2.27. The molecule has 1 aromatic carbocycles. The Hall–Kier alpha value is -1.78. The Balaban J connectivity index is 2.28. The van der Waals surface area contributed by atoms with Crippen LogP contribution in [0.1, 0.15) is 15.9 Å². The molecule has 0 fully saturated rings. The molecule has 0 aliphatic rings. The Bertz CT molecular complexity index is 636. The molecule has 0 saturated heterocycles. The van der Waals surface area contributed by atoms with Gasteiger partial charge in [0.1, 0.15) is 10.9 Å². The maximum atomic E-state index is 12.2. The van der Waals surface area contributed by atoms with Crippen LogP contribution in [0.25, 0.3) is 0 Å². The van der Waals surface area contributed by atoms with Crippen molar-refractivity contribution in [1.29, 1.82) is 0 Å². The Morgan fingerprint density at radius 2 is 2.05 bits per heavy atom. The van der Waals surface area contributed by atoms with Crippen LogP contribution in [0, 0.1) is 6.92 Å². The van der Waals surface area contributed by atoms with Gasteiger partial charge >= 0.3 is 0 Å². The van der Waals surface area contributed by atoms with Gasteiger partial charge in [0.2, 0.25) is 0 Å². The molecule has 1 N–H and O–H groups in total. The number of amides is 1. The minimum absolute atomic E-state index is 0.159. The zero-order valence-electron chi connectivity index (χ0n) is 10.9. The Kier molecular flexibility index (Phi) is 4.47. The van der Waals surface area contributed by atoms with Crippen LogP contribution in [0.3, 0.4) is 0 Å². The van der Waals surface area contributed by atoms with Crippen LogP contribution >= 0.6 is 23.2 Å².